The second-order valence-corrected chi connectivity index (χ2v) is 10.1. The molecule has 0 aliphatic heterocycles. The Balaban J connectivity index is 0. The number of carboxylic acid groups (broad SMARTS) is 2. The van der Waals surface area contributed by atoms with Gasteiger partial charge in [-0.1, -0.05) is 103 Å². The van der Waals surface area contributed by atoms with Crippen molar-refractivity contribution in [1.29, 1.82) is 0 Å². The van der Waals surface area contributed by atoms with Gasteiger partial charge in [-0.05, 0) is 19.4 Å². The first-order valence-corrected chi connectivity index (χ1v) is 15.2. The number of aliphatic carboxylic acids is 2. The summed E-state index contributed by atoms with van der Waals surface area (Å²) in [6.07, 6.45) is 21.1. The molecule has 9 nitrogen and oxygen atoms in total. The Morgan fingerprint density at radius 1 is 0.632 bits per heavy atom. The van der Waals surface area contributed by atoms with Gasteiger partial charge < -0.3 is 30.8 Å². The monoisotopic (exact) mass is 548 g/mol. The summed E-state index contributed by atoms with van der Waals surface area (Å²) in [5.74, 6) is -1.91. The molecule has 0 aliphatic carbocycles. The third-order valence-electron chi connectivity index (χ3n) is 6.61. The minimum Gasteiger partial charge on any atom is -0.481 e. The van der Waals surface area contributed by atoms with E-state index in [1.165, 1.54) is 89.9 Å². The summed E-state index contributed by atoms with van der Waals surface area (Å²) in [4.78, 5) is 23.4. The number of carbonyl (C=O) groups is 2. The molecule has 0 fully saturated rings. The molecule has 228 valence electrons. The molecule has 0 aromatic carbocycles. The van der Waals surface area contributed by atoms with Gasteiger partial charge in [0, 0.05) is 26.1 Å². The van der Waals surface area contributed by atoms with Gasteiger partial charge in [0.25, 0.3) is 0 Å². The van der Waals surface area contributed by atoms with Crippen LogP contribution in [-0.2, 0) is 9.59 Å². The lowest BCUT2D eigenvalue weighted by atomic mass is 10.0. The van der Waals surface area contributed by atoms with E-state index in [-0.39, 0.29) is 32.7 Å². The highest BCUT2D eigenvalue weighted by molar-refractivity contribution is 5.75. The van der Waals surface area contributed by atoms with Gasteiger partial charge in [0.05, 0.1) is 19.8 Å². The second-order valence-electron chi connectivity index (χ2n) is 10.1. The molecule has 9 heteroatoms. The molecule has 0 amide bonds. The quantitative estimate of drug-likeness (QED) is 0.0781. The van der Waals surface area contributed by atoms with Crippen LogP contribution in [0.4, 0.5) is 0 Å². The van der Waals surface area contributed by atoms with E-state index >= 15 is 0 Å². The smallest absolute Gasteiger partial charge is 0.320 e. The summed E-state index contributed by atoms with van der Waals surface area (Å²) in [5.41, 5.74) is 0. The van der Waals surface area contributed by atoms with E-state index in [1.54, 1.807) is 4.90 Å². The average molecular weight is 549 g/mol. The Hall–Kier alpha value is -1.26. The van der Waals surface area contributed by atoms with Gasteiger partial charge >= 0.3 is 11.9 Å². The summed E-state index contributed by atoms with van der Waals surface area (Å²) in [7, 11) is 0. The maximum Gasteiger partial charge on any atom is 0.320 e. The first-order chi connectivity index (χ1) is 18.4. The second kappa shape index (κ2) is 32.0. The number of carboxylic acids is 2. The molecule has 38 heavy (non-hydrogen) atoms. The number of hydrogen-bond acceptors (Lipinski definition) is 7. The zero-order valence-electron chi connectivity index (χ0n) is 24.3. The molecule has 0 saturated heterocycles. The maximum absolute atomic E-state index is 11.1. The lowest BCUT2D eigenvalue weighted by Gasteiger charge is -2.17. The first-order valence-electron chi connectivity index (χ1n) is 15.2. The Morgan fingerprint density at radius 2 is 1.00 bits per heavy atom. The van der Waals surface area contributed by atoms with E-state index in [0.717, 1.165) is 12.8 Å². The molecule has 0 aromatic rings. The zero-order valence-corrected chi connectivity index (χ0v) is 24.3. The standard InChI is InChI=1S/C23H45NO4.C6H15NO3/c1-2-3-4-5-6-7-8-9-10-11-12-13-14-15-16-17-20-24-21(23(27)28)18-19-22(25)26;8-4-1-7(2-5-9)3-6-10/h21,24H,2-20H2,1H3,(H,25,26)(H,27,28);8-10H,1-6H2. The molecule has 0 heterocycles. The predicted octanol–water partition coefficient (Wildman–Crippen LogP) is 4.42. The van der Waals surface area contributed by atoms with Crippen LogP contribution < -0.4 is 5.32 Å². The molecular weight excluding hydrogens is 488 g/mol. The van der Waals surface area contributed by atoms with E-state index in [1.807, 2.05) is 0 Å². The highest BCUT2D eigenvalue weighted by Gasteiger charge is 2.17. The Kier molecular flexibility index (Phi) is 32.7. The lowest BCUT2D eigenvalue weighted by molar-refractivity contribution is -0.140. The van der Waals surface area contributed by atoms with Crippen molar-refractivity contribution in [3.8, 4) is 0 Å². The fourth-order valence-electron chi connectivity index (χ4n) is 4.29. The van der Waals surface area contributed by atoms with Crippen molar-refractivity contribution >= 4 is 11.9 Å². The van der Waals surface area contributed by atoms with E-state index in [4.69, 9.17) is 25.5 Å². The number of aliphatic hydroxyl groups excluding tert-OH is 3. The molecule has 0 aliphatic rings. The summed E-state index contributed by atoms with van der Waals surface area (Å²) >= 11 is 0. The van der Waals surface area contributed by atoms with Crippen molar-refractivity contribution < 1.29 is 35.1 Å². The van der Waals surface area contributed by atoms with Crippen LogP contribution in [-0.4, -0.2) is 94.4 Å². The Morgan fingerprint density at radius 3 is 1.32 bits per heavy atom. The third-order valence-corrected chi connectivity index (χ3v) is 6.61. The van der Waals surface area contributed by atoms with Gasteiger partial charge in [0.1, 0.15) is 6.04 Å². The predicted molar refractivity (Wildman–Crippen MR) is 154 cm³/mol. The van der Waals surface area contributed by atoms with Crippen molar-refractivity contribution in [2.24, 2.45) is 0 Å². The van der Waals surface area contributed by atoms with Gasteiger partial charge in [-0.25, -0.2) is 0 Å². The van der Waals surface area contributed by atoms with E-state index in [9.17, 15) is 9.59 Å². The summed E-state index contributed by atoms with van der Waals surface area (Å²) in [5, 5.41) is 46.1. The Labute approximate surface area is 232 Å². The molecule has 6 N–H and O–H groups in total. The number of hydrogen-bond donors (Lipinski definition) is 6. The van der Waals surface area contributed by atoms with Gasteiger partial charge in [0.2, 0.25) is 0 Å². The minimum absolute atomic E-state index is 0.0694. The van der Waals surface area contributed by atoms with Crippen molar-refractivity contribution in [2.75, 3.05) is 46.0 Å². The topological polar surface area (TPSA) is 151 Å². The highest BCUT2D eigenvalue weighted by Crippen LogP contribution is 2.13. The van der Waals surface area contributed by atoms with E-state index in [0.29, 0.717) is 26.2 Å². The van der Waals surface area contributed by atoms with Gasteiger partial charge in [-0.2, -0.15) is 0 Å². The molecule has 0 spiro atoms. The molecule has 0 rings (SSSR count). The number of unbranched alkanes of at least 4 members (excludes halogenated alkanes) is 15. The minimum atomic E-state index is -0.960. The van der Waals surface area contributed by atoms with E-state index < -0.39 is 18.0 Å². The molecule has 0 bridgehead atoms. The fraction of sp³-hybridized carbons (Fsp3) is 0.931. The molecule has 0 saturated carbocycles. The van der Waals surface area contributed by atoms with Crippen LogP contribution in [0.25, 0.3) is 0 Å². The Bertz CT molecular complexity index is 495. The number of nitrogens with one attached hydrogen (secondary N) is 1. The number of aliphatic hydroxyl groups is 3. The summed E-state index contributed by atoms with van der Waals surface area (Å²) in [6.45, 7) is 4.67. The largest absolute Gasteiger partial charge is 0.481 e. The summed E-state index contributed by atoms with van der Waals surface area (Å²) < 4.78 is 0. The molecule has 1 atom stereocenters. The van der Waals surface area contributed by atoms with Crippen LogP contribution in [0.2, 0.25) is 0 Å². The molecule has 1 unspecified atom stereocenters. The number of rotatable bonds is 28. The van der Waals surface area contributed by atoms with Crippen LogP contribution in [0, 0.1) is 0 Å². The van der Waals surface area contributed by atoms with Crippen LogP contribution in [0.3, 0.4) is 0 Å². The van der Waals surface area contributed by atoms with Crippen molar-refractivity contribution in [3.05, 3.63) is 0 Å². The third kappa shape index (κ3) is 31.0. The van der Waals surface area contributed by atoms with Crippen LogP contribution in [0.5, 0.6) is 0 Å². The molecule has 0 radical (unpaired) electrons. The summed E-state index contributed by atoms with van der Waals surface area (Å²) in [6, 6.07) is -0.743. The van der Waals surface area contributed by atoms with Crippen LogP contribution >= 0.6 is 0 Å². The SMILES string of the molecule is CCCCCCCCCCCCCCCCCCNC(CCC(=O)O)C(=O)O.OCCN(CCO)CCO. The highest BCUT2D eigenvalue weighted by atomic mass is 16.4. The average Bonchev–Trinajstić information content (AvgIpc) is 2.88. The number of nitrogens with zero attached hydrogens (tertiary/aromatic N) is 1. The van der Waals surface area contributed by atoms with Gasteiger partial charge in [-0.3, -0.25) is 14.5 Å². The van der Waals surface area contributed by atoms with Crippen molar-refractivity contribution in [3.63, 3.8) is 0 Å². The first kappa shape index (κ1) is 38.9. The lowest BCUT2D eigenvalue weighted by Crippen LogP contribution is -2.37. The van der Waals surface area contributed by atoms with Gasteiger partial charge in [-0.15, -0.1) is 0 Å². The van der Waals surface area contributed by atoms with Crippen molar-refractivity contribution in [2.45, 2.75) is 129 Å². The normalized spacial score (nSPS) is 11.8. The van der Waals surface area contributed by atoms with Crippen LogP contribution in [0.1, 0.15) is 122 Å². The maximum atomic E-state index is 11.1. The fourth-order valence-corrected chi connectivity index (χ4v) is 4.29. The van der Waals surface area contributed by atoms with E-state index in [2.05, 4.69) is 12.2 Å². The molecular formula is C29H60N2O7. The van der Waals surface area contributed by atoms with Crippen molar-refractivity contribution in [1.82, 2.24) is 10.2 Å². The van der Waals surface area contributed by atoms with Gasteiger partial charge in [0.15, 0.2) is 0 Å². The molecule has 0 aromatic heterocycles. The zero-order chi connectivity index (χ0) is 28.7. The van der Waals surface area contributed by atoms with Crippen LogP contribution in [0.15, 0.2) is 0 Å².